The van der Waals surface area contributed by atoms with Crippen molar-refractivity contribution in [3.8, 4) is 0 Å². The van der Waals surface area contributed by atoms with Crippen molar-refractivity contribution >= 4 is 23.0 Å². The van der Waals surface area contributed by atoms with Crippen molar-refractivity contribution in [3.63, 3.8) is 0 Å². The van der Waals surface area contributed by atoms with Gasteiger partial charge in [0.15, 0.2) is 0 Å². The van der Waals surface area contributed by atoms with Crippen LogP contribution in [0.5, 0.6) is 0 Å². The molecule has 1 saturated carbocycles. The minimum absolute atomic E-state index is 0.0140. The molecule has 2 amide bonds. The van der Waals surface area contributed by atoms with Crippen molar-refractivity contribution in [1.29, 1.82) is 0 Å². The topological polar surface area (TPSA) is 86.3 Å². The number of aryl methyl sites for hydroxylation is 1. The molecule has 1 aromatic heterocycles. The molecule has 4 rings (SSSR count). The van der Waals surface area contributed by atoms with E-state index in [4.69, 9.17) is 0 Å². The molecule has 0 spiro atoms. The Labute approximate surface area is 177 Å². The number of carbonyl (C=O) groups excluding carboxylic acids is 2. The number of aromatic nitrogens is 1. The molecule has 6 nitrogen and oxygen atoms in total. The van der Waals surface area contributed by atoms with Crippen LogP contribution in [0.1, 0.15) is 57.7 Å². The quantitative estimate of drug-likeness (QED) is 0.522. The maximum absolute atomic E-state index is 12.6. The van der Waals surface area contributed by atoms with E-state index in [9.17, 15) is 9.59 Å². The van der Waals surface area contributed by atoms with Gasteiger partial charge in [-0.3, -0.25) is 0 Å². The largest absolute Gasteiger partial charge is 0.358 e. The van der Waals surface area contributed by atoms with Crippen LogP contribution < -0.4 is 10.6 Å². The number of fused-ring (bicyclic) bond motifs is 3. The fourth-order valence-corrected chi connectivity index (χ4v) is 5.91. The number of carbonyl (C=O) groups is 1. The van der Waals surface area contributed by atoms with E-state index in [-0.39, 0.29) is 28.9 Å². The van der Waals surface area contributed by atoms with Gasteiger partial charge in [0.2, 0.25) is 6.08 Å². The van der Waals surface area contributed by atoms with Crippen molar-refractivity contribution < 1.29 is 9.59 Å². The van der Waals surface area contributed by atoms with Gasteiger partial charge in [0, 0.05) is 35.6 Å². The second-order valence-electron chi connectivity index (χ2n) is 10.3. The zero-order valence-electron chi connectivity index (χ0n) is 18.2. The zero-order valence-corrected chi connectivity index (χ0v) is 18.2. The Morgan fingerprint density at radius 3 is 2.87 bits per heavy atom. The first-order valence-corrected chi connectivity index (χ1v) is 11.0. The van der Waals surface area contributed by atoms with Crippen LogP contribution in [0.2, 0.25) is 0 Å². The first-order chi connectivity index (χ1) is 14.3. The van der Waals surface area contributed by atoms with Gasteiger partial charge in [0.25, 0.3) is 0 Å². The van der Waals surface area contributed by atoms with E-state index in [1.54, 1.807) is 6.08 Å². The summed E-state index contributed by atoms with van der Waals surface area (Å²) in [5.41, 5.74) is 3.81. The summed E-state index contributed by atoms with van der Waals surface area (Å²) in [5, 5.41) is 7.55. The van der Waals surface area contributed by atoms with Crippen LogP contribution in [0.3, 0.4) is 0 Å². The minimum Gasteiger partial charge on any atom is -0.358 e. The second-order valence-corrected chi connectivity index (χ2v) is 10.3. The maximum Gasteiger partial charge on any atom is 0.315 e. The number of aliphatic imine (C=N–C) groups is 1. The van der Waals surface area contributed by atoms with Gasteiger partial charge in [-0.2, -0.15) is 0 Å². The van der Waals surface area contributed by atoms with Crippen LogP contribution in [0.15, 0.2) is 29.3 Å². The van der Waals surface area contributed by atoms with Gasteiger partial charge < -0.3 is 15.6 Å². The Balaban J connectivity index is 1.34. The van der Waals surface area contributed by atoms with E-state index in [0.29, 0.717) is 6.54 Å². The molecule has 0 saturated heterocycles. The molecule has 2 aromatic rings. The van der Waals surface area contributed by atoms with Crippen molar-refractivity contribution in [2.24, 2.45) is 15.8 Å². The van der Waals surface area contributed by atoms with Gasteiger partial charge in [-0.05, 0) is 54.6 Å². The second kappa shape index (κ2) is 7.92. The molecule has 160 valence electrons. The van der Waals surface area contributed by atoms with Gasteiger partial charge in [-0.15, -0.1) is 0 Å². The Morgan fingerprint density at radius 1 is 1.27 bits per heavy atom. The van der Waals surface area contributed by atoms with E-state index < -0.39 is 0 Å². The number of H-pyrrole nitrogens is 1. The normalized spacial score (nSPS) is 27.7. The summed E-state index contributed by atoms with van der Waals surface area (Å²) in [6.45, 7) is 7.17. The lowest BCUT2D eigenvalue weighted by molar-refractivity contribution is 0.0849. The van der Waals surface area contributed by atoms with E-state index >= 15 is 0 Å². The lowest BCUT2D eigenvalue weighted by atomic mass is 9.63. The number of nitrogens with zero attached hydrogens (tertiary/aromatic N) is 1. The number of rotatable bonds is 4. The van der Waals surface area contributed by atoms with Crippen LogP contribution in [-0.4, -0.2) is 35.7 Å². The highest BCUT2D eigenvalue weighted by Gasteiger charge is 2.41. The van der Waals surface area contributed by atoms with Crippen molar-refractivity contribution in [2.75, 3.05) is 6.54 Å². The molecular formula is C24H32N4O2. The maximum atomic E-state index is 12.6. The van der Waals surface area contributed by atoms with E-state index in [1.807, 2.05) is 6.07 Å². The Morgan fingerprint density at radius 2 is 2.07 bits per heavy atom. The van der Waals surface area contributed by atoms with Crippen LogP contribution >= 0.6 is 0 Å². The average Bonchev–Trinajstić information content (AvgIpc) is 3.03. The van der Waals surface area contributed by atoms with Gasteiger partial charge in [0.05, 0.1) is 6.04 Å². The molecule has 1 aromatic carbocycles. The monoisotopic (exact) mass is 408 g/mol. The molecule has 3 atom stereocenters. The first kappa shape index (κ1) is 20.7. The number of para-hydroxylation sites is 1. The third-order valence-electron chi connectivity index (χ3n) is 6.76. The summed E-state index contributed by atoms with van der Waals surface area (Å²) >= 11 is 0. The number of urea groups is 1. The van der Waals surface area contributed by atoms with Gasteiger partial charge in [-0.25, -0.2) is 14.6 Å². The van der Waals surface area contributed by atoms with Crippen LogP contribution in [0.25, 0.3) is 10.9 Å². The first-order valence-electron chi connectivity index (χ1n) is 11.0. The van der Waals surface area contributed by atoms with Crippen LogP contribution in [0, 0.1) is 10.8 Å². The molecule has 6 heteroatoms. The number of benzene rings is 1. The van der Waals surface area contributed by atoms with E-state index in [0.717, 1.165) is 38.5 Å². The van der Waals surface area contributed by atoms with E-state index in [1.165, 1.54) is 22.2 Å². The number of isocyanates is 1. The fourth-order valence-electron chi connectivity index (χ4n) is 5.91. The summed E-state index contributed by atoms with van der Waals surface area (Å²) in [6.07, 6.45) is 7.15. The molecule has 3 unspecified atom stereocenters. The smallest absolute Gasteiger partial charge is 0.315 e. The summed E-state index contributed by atoms with van der Waals surface area (Å²) in [5.74, 6) is 0. The molecule has 0 aliphatic heterocycles. The summed E-state index contributed by atoms with van der Waals surface area (Å²) in [4.78, 5) is 30.9. The Bertz CT molecular complexity index is 988. The molecule has 3 N–H and O–H groups in total. The minimum atomic E-state index is -0.111. The number of nitrogens with one attached hydrogen (secondary N) is 3. The van der Waals surface area contributed by atoms with Gasteiger partial charge in [-0.1, -0.05) is 39.0 Å². The third kappa shape index (κ3) is 4.44. The highest BCUT2D eigenvalue weighted by atomic mass is 16.2. The summed E-state index contributed by atoms with van der Waals surface area (Å²) < 4.78 is 0. The summed E-state index contributed by atoms with van der Waals surface area (Å²) in [7, 11) is 0. The average molecular weight is 409 g/mol. The molecular weight excluding hydrogens is 376 g/mol. The number of hydrogen-bond donors (Lipinski definition) is 3. The lowest BCUT2D eigenvalue weighted by Gasteiger charge is -2.45. The standard InChI is InChI=1S/C24H32N4O2/c1-23(2)11-17(26-15-29)12-24(3,13-23)14-25-22(30)27-16-8-9-19-18-6-4-5-7-20(18)28-21(19)10-16/h4-7,16-17,28H,8-14H2,1-3H3,(H2,25,27,30). The van der Waals surface area contributed by atoms with Crippen LogP contribution in [-0.2, 0) is 17.6 Å². The van der Waals surface area contributed by atoms with Gasteiger partial charge >= 0.3 is 6.03 Å². The zero-order chi connectivity index (χ0) is 21.4. The molecule has 30 heavy (non-hydrogen) atoms. The molecule has 2 aliphatic rings. The van der Waals surface area contributed by atoms with Crippen molar-refractivity contribution in [1.82, 2.24) is 15.6 Å². The summed E-state index contributed by atoms with van der Waals surface area (Å²) in [6, 6.07) is 8.40. The van der Waals surface area contributed by atoms with Crippen molar-refractivity contribution in [2.45, 2.75) is 71.4 Å². The SMILES string of the molecule is CC1(C)CC(N=C=O)CC(C)(CNC(=O)NC2CCc3c([nH]c4ccccc34)C2)C1. The molecule has 0 bridgehead atoms. The Hall–Kier alpha value is -2.59. The highest BCUT2D eigenvalue weighted by molar-refractivity contribution is 5.85. The fraction of sp³-hybridized carbons (Fsp3) is 0.583. The highest BCUT2D eigenvalue weighted by Crippen LogP contribution is 2.46. The predicted octanol–water partition coefficient (Wildman–Crippen LogP) is 4.25. The predicted molar refractivity (Wildman–Crippen MR) is 118 cm³/mol. The molecule has 0 radical (unpaired) electrons. The van der Waals surface area contributed by atoms with E-state index in [2.05, 4.69) is 59.6 Å². The number of hydrogen-bond acceptors (Lipinski definition) is 3. The third-order valence-corrected chi connectivity index (χ3v) is 6.76. The number of aromatic amines is 1. The van der Waals surface area contributed by atoms with Crippen molar-refractivity contribution in [3.05, 3.63) is 35.5 Å². The lowest BCUT2D eigenvalue weighted by Crippen LogP contribution is -2.49. The molecule has 1 heterocycles. The molecule has 1 fully saturated rings. The van der Waals surface area contributed by atoms with Crippen LogP contribution in [0.4, 0.5) is 4.79 Å². The Kier molecular flexibility index (Phi) is 5.46. The van der Waals surface area contributed by atoms with Gasteiger partial charge in [0.1, 0.15) is 0 Å². The number of amides is 2. The molecule has 2 aliphatic carbocycles.